The molecule has 0 aromatic carbocycles. The lowest BCUT2D eigenvalue weighted by atomic mass is 10.2. The van der Waals surface area contributed by atoms with Gasteiger partial charge in [-0.3, -0.25) is 0 Å². The lowest BCUT2D eigenvalue weighted by Crippen LogP contribution is -2.45. The number of hydrogen-bond donors (Lipinski definition) is 3. The Hall–Kier alpha value is -1.70. The molecule has 0 aliphatic heterocycles. The molecule has 0 aliphatic carbocycles. The summed E-state index contributed by atoms with van der Waals surface area (Å²) in [5.74, 6) is 1.31. The highest BCUT2D eigenvalue weighted by Crippen LogP contribution is 1.89. The zero-order chi connectivity index (χ0) is 11.0. The Kier molecular flexibility index (Phi) is 5.95. The molecule has 0 aromatic rings. The van der Waals surface area contributed by atoms with Crippen molar-refractivity contribution in [2.45, 2.75) is 25.8 Å². The van der Waals surface area contributed by atoms with Crippen molar-refractivity contribution in [3.05, 3.63) is 0 Å². The van der Waals surface area contributed by atoms with Gasteiger partial charge in [0.2, 0.25) is 0 Å². The van der Waals surface area contributed by atoms with Crippen molar-refractivity contribution in [3.63, 3.8) is 0 Å². The Morgan fingerprint density at radius 2 is 2.21 bits per heavy atom. The van der Waals surface area contributed by atoms with E-state index in [0.29, 0.717) is 19.4 Å². The summed E-state index contributed by atoms with van der Waals surface area (Å²) in [6.07, 6.45) is 5.75. The molecule has 0 rings (SSSR count). The Morgan fingerprint density at radius 1 is 1.57 bits per heavy atom. The van der Waals surface area contributed by atoms with Gasteiger partial charge in [-0.1, -0.05) is 6.92 Å². The first-order valence-electron chi connectivity index (χ1n) is 4.32. The number of urea groups is 1. The second-order valence-corrected chi connectivity index (χ2v) is 2.65. The predicted octanol–water partition coefficient (Wildman–Crippen LogP) is 0.172. The van der Waals surface area contributed by atoms with Crippen molar-refractivity contribution in [1.82, 2.24) is 10.6 Å². The van der Waals surface area contributed by atoms with Crippen LogP contribution in [0.3, 0.4) is 0 Å². The molecule has 0 spiro atoms. The van der Waals surface area contributed by atoms with Crippen LogP contribution < -0.4 is 10.6 Å². The standard InChI is InChI=1S/C9H14N2O3/c1-3-5-6-10-9(14)11-7(4-2)8(12)13/h1,7H,4-6H2,2H3,(H,12,13)(H2,10,11,14). The number of amides is 2. The maximum Gasteiger partial charge on any atom is 0.326 e. The van der Waals surface area contributed by atoms with E-state index in [-0.39, 0.29) is 0 Å². The largest absolute Gasteiger partial charge is 0.480 e. The van der Waals surface area contributed by atoms with Crippen LogP contribution in [0.4, 0.5) is 4.79 Å². The predicted molar refractivity (Wildman–Crippen MR) is 51.7 cm³/mol. The molecule has 78 valence electrons. The molecule has 0 radical (unpaired) electrons. The summed E-state index contributed by atoms with van der Waals surface area (Å²) >= 11 is 0. The van der Waals surface area contributed by atoms with Gasteiger partial charge in [-0.25, -0.2) is 9.59 Å². The van der Waals surface area contributed by atoms with Gasteiger partial charge in [0.15, 0.2) is 0 Å². The number of carboxylic acids is 1. The number of aliphatic carboxylic acids is 1. The summed E-state index contributed by atoms with van der Waals surface area (Å²) in [7, 11) is 0. The van der Waals surface area contributed by atoms with Gasteiger partial charge in [-0.2, -0.15) is 0 Å². The summed E-state index contributed by atoms with van der Waals surface area (Å²) < 4.78 is 0. The van der Waals surface area contributed by atoms with Gasteiger partial charge in [0, 0.05) is 13.0 Å². The molecule has 2 amide bonds. The fourth-order valence-electron chi connectivity index (χ4n) is 0.796. The van der Waals surface area contributed by atoms with Gasteiger partial charge in [0.1, 0.15) is 6.04 Å². The van der Waals surface area contributed by atoms with E-state index in [4.69, 9.17) is 11.5 Å². The zero-order valence-corrected chi connectivity index (χ0v) is 8.04. The maximum absolute atomic E-state index is 11.0. The third kappa shape index (κ3) is 5.04. The number of hydrogen-bond acceptors (Lipinski definition) is 2. The van der Waals surface area contributed by atoms with Crippen molar-refractivity contribution < 1.29 is 14.7 Å². The van der Waals surface area contributed by atoms with Crippen molar-refractivity contribution in [2.24, 2.45) is 0 Å². The quantitative estimate of drug-likeness (QED) is 0.435. The van der Waals surface area contributed by atoms with Crippen LogP contribution in [0, 0.1) is 12.3 Å². The van der Waals surface area contributed by atoms with Crippen LogP contribution in [0.1, 0.15) is 19.8 Å². The lowest BCUT2D eigenvalue weighted by molar-refractivity contribution is -0.139. The fourth-order valence-corrected chi connectivity index (χ4v) is 0.796. The minimum Gasteiger partial charge on any atom is -0.480 e. The topological polar surface area (TPSA) is 78.4 Å². The van der Waals surface area contributed by atoms with Crippen LogP contribution in [-0.2, 0) is 4.79 Å². The molecule has 0 bridgehead atoms. The molecule has 0 heterocycles. The maximum atomic E-state index is 11.0. The lowest BCUT2D eigenvalue weighted by Gasteiger charge is -2.12. The molecular weight excluding hydrogens is 184 g/mol. The molecular formula is C9H14N2O3. The average Bonchev–Trinajstić information content (AvgIpc) is 2.14. The summed E-state index contributed by atoms with van der Waals surface area (Å²) in [6, 6.07) is -1.35. The summed E-state index contributed by atoms with van der Waals surface area (Å²) in [5, 5.41) is 13.4. The molecule has 0 fully saturated rings. The number of carboxylic acid groups (broad SMARTS) is 1. The first-order chi connectivity index (χ1) is 6.61. The van der Waals surface area contributed by atoms with Crippen molar-refractivity contribution >= 4 is 12.0 Å². The van der Waals surface area contributed by atoms with Crippen molar-refractivity contribution in [1.29, 1.82) is 0 Å². The number of carbonyl (C=O) groups is 2. The first-order valence-corrected chi connectivity index (χ1v) is 4.32. The Bertz CT molecular complexity index is 245. The summed E-state index contributed by atoms with van der Waals surface area (Å²) in [4.78, 5) is 21.6. The van der Waals surface area contributed by atoms with Gasteiger partial charge in [-0.05, 0) is 6.42 Å². The van der Waals surface area contributed by atoms with Gasteiger partial charge < -0.3 is 15.7 Å². The third-order valence-electron chi connectivity index (χ3n) is 1.57. The summed E-state index contributed by atoms with van der Waals surface area (Å²) in [6.45, 7) is 2.03. The van der Waals surface area contributed by atoms with Crippen molar-refractivity contribution in [2.75, 3.05) is 6.54 Å². The van der Waals surface area contributed by atoms with E-state index in [0.717, 1.165) is 0 Å². The smallest absolute Gasteiger partial charge is 0.326 e. The molecule has 5 nitrogen and oxygen atoms in total. The minimum absolute atomic E-state index is 0.345. The number of carbonyl (C=O) groups excluding carboxylic acids is 1. The van der Waals surface area contributed by atoms with Gasteiger partial charge in [0.25, 0.3) is 0 Å². The van der Waals surface area contributed by atoms with Crippen LogP contribution in [0.5, 0.6) is 0 Å². The summed E-state index contributed by atoms with van der Waals surface area (Å²) in [5.41, 5.74) is 0. The molecule has 3 N–H and O–H groups in total. The number of terminal acetylenes is 1. The molecule has 0 aliphatic rings. The molecule has 5 heteroatoms. The highest BCUT2D eigenvalue weighted by molar-refractivity contribution is 5.82. The number of rotatable bonds is 5. The minimum atomic E-state index is -1.04. The molecule has 1 unspecified atom stereocenters. The van der Waals surface area contributed by atoms with Crippen LogP contribution >= 0.6 is 0 Å². The van der Waals surface area contributed by atoms with E-state index < -0.39 is 18.0 Å². The molecule has 0 saturated heterocycles. The van der Waals surface area contributed by atoms with E-state index in [2.05, 4.69) is 16.6 Å². The normalized spacial score (nSPS) is 11.1. The van der Waals surface area contributed by atoms with E-state index in [1.807, 2.05) is 0 Å². The van der Waals surface area contributed by atoms with Gasteiger partial charge in [0.05, 0.1) is 0 Å². The Balaban J connectivity index is 3.80. The molecule has 0 aromatic heterocycles. The molecule has 14 heavy (non-hydrogen) atoms. The van der Waals surface area contributed by atoms with E-state index >= 15 is 0 Å². The first kappa shape index (κ1) is 12.3. The van der Waals surface area contributed by atoms with E-state index in [1.54, 1.807) is 6.92 Å². The molecule has 0 saturated carbocycles. The Morgan fingerprint density at radius 3 is 2.64 bits per heavy atom. The highest BCUT2D eigenvalue weighted by Gasteiger charge is 2.16. The van der Waals surface area contributed by atoms with E-state index in [9.17, 15) is 9.59 Å². The van der Waals surface area contributed by atoms with Crippen molar-refractivity contribution in [3.8, 4) is 12.3 Å². The zero-order valence-electron chi connectivity index (χ0n) is 8.04. The third-order valence-corrected chi connectivity index (χ3v) is 1.57. The molecule has 1 atom stereocenters. The SMILES string of the molecule is C#CCCNC(=O)NC(CC)C(=O)O. The monoisotopic (exact) mass is 198 g/mol. The second kappa shape index (κ2) is 6.78. The van der Waals surface area contributed by atoms with Gasteiger partial charge in [-0.15, -0.1) is 12.3 Å². The number of nitrogens with one attached hydrogen (secondary N) is 2. The Labute approximate surface area is 82.9 Å². The second-order valence-electron chi connectivity index (χ2n) is 2.65. The fraction of sp³-hybridized carbons (Fsp3) is 0.556. The van der Waals surface area contributed by atoms with Gasteiger partial charge >= 0.3 is 12.0 Å². The van der Waals surface area contributed by atoms with Crippen LogP contribution in [0.15, 0.2) is 0 Å². The van der Waals surface area contributed by atoms with Crippen LogP contribution in [-0.4, -0.2) is 29.7 Å². The van der Waals surface area contributed by atoms with Crippen LogP contribution in [0.2, 0.25) is 0 Å². The van der Waals surface area contributed by atoms with Crippen LogP contribution in [0.25, 0.3) is 0 Å². The highest BCUT2D eigenvalue weighted by atomic mass is 16.4. The average molecular weight is 198 g/mol. The van der Waals surface area contributed by atoms with E-state index in [1.165, 1.54) is 0 Å².